The zero-order chi connectivity index (χ0) is 9.64. The molecule has 0 aromatic carbocycles. The maximum Gasteiger partial charge on any atom is 0.256 e. The smallest absolute Gasteiger partial charge is 0.256 e. The summed E-state index contributed by atoms with van der Waals surface area (Å²) in [5.41, 5.74) is 0.776. The first-order valence-electron chi connectivity index (χ1n) is 4.56. The quantitative estimate of drug-likeness (QED) is 0.595. The number of nitrogens with zero attached hydrogens (tertiary/aromatic N) is 1. The number of hydrogen-bond acceptors (Lipinski definition) is 2. The molecule has 1 aliphatic carbocycles. The van der Waals surface area contributed by atoms with Gasteiger partial charge in [0.25, 0.3) is 11.8 Å². The van der Waals surface area contributed by atoms with E-state index in [-0.39, 0.29) is 17.2 Å². The number of carbonyl (C=O) groups is 2. The molecule has 1 saturated carbocycles. The summed E-state index contributed by atoms with van der Waals surface area (Å²) in [6.07, 6.45) is 3.68. The van der Waals surface area contributed by atoms with E-state index < -0.39 is 0 Å². The van der Waals surface area contributed by atoms with Crippen molar-refractivity contribution in [3.05, 3.63) is 11.6 Å². The third kappa shape index (κ3) is 1.39. The normalized spacial score (nSPS) is 25.1. The van der Waals surface area contributed by atoms with Gasteiger partial charge in [-0.25, -0.2) is 0 Å². The van der Waals surface area contributed by atoms with Crippen molar-refractivity contribution in [1.82, 2.24) is 4.90 Å². The van der Waals surface area contributed by atoms with E-state index in [9.17, 15) is 9.59 Å². The first-order valence-corrected chi connectivity index (χ1v) is 4.56. The number of rotatable bonds is 2. The Kier molecular flexibility index (Phi) is 1.59. The average molecular weight is 179 g/mol. The van der Waals surface area contributed by atoms with Gasteiger partial charge in [0, 0.05) is 18.2 Å². The second-order valence-electron chi connectivity index (χ2n) is 4.37. The van der Waals surface area contributed by atoms with Crippen LogP contribution in [0.3, 0.4) is 0 Å². The number of imide groups is 1. The molecule has 0 aromatic heterocycles. The summed E-state index contributed by atoms with van der Waals surface area (Å²) in [5.74, 6) is -0.256. The van der Waals surface area contributed by atoms with Gasteiger partial charge < -0.3 is 0 Å². The summed E-state index contributed by atoms with van der Waals surface area (Å²) in [7, 11) is 0. The van der Waals surface area contributed by atoms with E-state index in [0.29, 0.717) is 12.1 Å². The number of amides is 2. The van der Waals surface area contributed by atoms with Gasteiger partial charge in [0.2, 0.25) is 0 Å². The van der Waals surface area contributed by atoms with E-state index in [4.69, 9.17) is 0 Å². The van der Waals surface area contributed by atoms with Gasteiger partial charge in [0.1, 0.15) is 0 Å². The predicted octanol–water partition coefficient (Wildman–Crippen LogP) is 1.10. The van der Waals surface area contributed by atoms with Gasteiger partial charge in [-0.2, -0.15) is 0 Å². The highest BCUT2D eigenvalue weighted by atomic mass is 16.2. The van der Waals surface area contributed by atoms with Gasteiger partial charge in [-0.05, 0) is 25.2 Å². The molecule has 0 unspecified atom stereocenters. The minimum atomic E-state index is -0.143. The second-order valence-corrected chi connectivity index (χ2v) is 4.37. The molecular weight excluding hydrogens is 166 g/mol. The standard InChI is InChI=1S/C10H13NO2/c1-7-5-8(12)11(9(7)13)6-10(2)3-4-10/h5H,3-4,6H2,1-2H3. The molecule has 3 heteroatoms. The van der Waals surface area contributed by atoms with Crippen LogP contribution in [0.25, 0.3) is 0 Å². The maximum atomic E-state index is 11.5. The van der Waals surface area contributed by atoms with Gasteiger partial charge in [-0.15, -0.1) is 0 Å². The van der Waals surface area contributed by atoms with Crippen LogP contribution in [-0.4, -0.2) is 23.3 Å². The number of carbonyl (C=O) groups excluding carboxylic acids is 2. The molecule has 13 heavy (non-hydrogen) atoms. The molecule has 0 radical (unpaired) electrons. The molecule has 2 aliphatic rings. The first-order chi connectivity index (χ1) is 6.02. The zero-order valence-electron chi connectivity index (χ0n) is 7.96. The summed E-state index contributed by atoms with van der Waals surface area (Å²) in [6, 6.07) is 0. The Morgan fingerprint density at radius 1 is 1.46 bits per heavy atom. The van der Waals surface area contributed by atoms with Crippen LogP contribution in [0.5, 0.6) is 0 Å². The largest absolute Gasteiger partial charge is 0.275 e. The molecule has 1 heterocycles. The molecule has 70 valence electrons. The number of hydrogen-bond donors (Lipinski definition) is 0. The highest BCUT2D eigenvalue weighted by molar-refractivity contribution is 6.15. The van der Waals surface area contributed by atoms with E-state index in [1.807, 2.05) is 0 Å². The third-order valence-electron chi connectivity index (χ3n) is 2.83. The van der Waals surface area contributed by atoms with Crippen LogP contribution in [0.4, 0.5) is 0 Å². The Hall–Kier alpha value is -1.12. The molecule has 2 rings (SSSR count). The molecular formula is C10H13NO2. The molecule has 1 aliphatic heterocycles. The summed E-state index contributed by atoms with van der Waals surface area (Å²) in [6.45, 7) is 4.40. The van der Waals surface area contributed by atoms with Crippen molar-refractivity contribution < 1.29 is 9.59 Å². The molecule has 0 aromatic rings. The summed E-state index contributed by atoms with van der Waals surface area (Å²) < 4.78 is 0. The minimum absolute atomic E-state index is 0.113. The molecule has 0 spiro atoms. The van der Waals surface area contributed by atoms with Crippen LogP contribution in [0.15, 0.2) is 11.6 Å². The van der Waals surface area contributed by atoms with Crippen molar-refractivity contribution in [3.63, 3.8) is 0 Å². The summed E-state index contributed by atoms with van der Waals surface area (Å²) >= 11 is 0. The van der Waals surface area contributed by atoms with E-state index >= 15 is 0 Å². The summed E-state index contributed by atoms with van der Waals surface area (Å²) in [5, 5.41) is 0. The molecule has 0 saturated heterocycles. The Morgan fingerprint density at radius 3 is 2.46 bits per heavy atom. The Labute approximate surface area is 77.4 Å². The molecule has 1 fully saturated rings. The van der Waals surface area contributed by atoms with Crippen LogP contribution in [0.2, 0.25) is 0 Å². The molecule has 2 amide bonds. The Balaban J connectivity index is 2.09. The maximum absolute atomic E-state index is 11.5. The Bertz CT molecular complexity index is 313. The lowest BCUT2D eigenvalue weighted by molar-refractivity contribution is -0.138. The van der Waals surface area contributed by atoms with E-state index in [2.05, 4.69) is 6.92 Å². The van der Waals surface area contributed by atoms with Crippen molar-refractivity contribution >= 4 is 11.8 Å². The van der Waals surface area contributed by atoms with Crippen LogP contribution in [0, 0.1) is 5.41 Å². The van der Waals surface area contributed by atoms with Gasteiger partial charge >= 0.3 is 0 Å². The van der Waals surface area contributed by atoms with Gasteiger partial charge in [-0.3, -0.25) is 14.5 Å². The van der Waals surface area contributed by atoms with Gasteiger partial charge in [-0.1, -0.05) is 6.92 Å². The highest BCUT2D eigenvalue weighted by Gasteiger charge is 2.42. The molecule has 3 nitrogen and oxygen atoms in total. The van der Waals surface area contributed by atoms with Crippen molar-refractivity contribution in [2.45, 2.75) is 26.7 Å². The predicted molar refractivity (Wildman–Crippen MR) is 47.8 cm³/mol. The van der Waals surface area contributed by atoms with E-state index in [0.717, 1.165) is 12.8 Å². The van der Waals surface area contributed by atoms with Gasteiger partial charge in [0.15, 0.2) is 0 Å². The van der Waals surface area contributed by atoms with Crippen molar-refractivity contribution in [1.29, 1.82) is 0 Å². The first kappa shape index (κ1) is 8.48. The summed E-state index contributed by atoms with van der Waals surface area (Å²) in [4.78, 5) is 24.2. The average Bonchev–Trinajstić information content (AvgIpc) is 2.73. The fourth-order valence-electron chi connectivity index (χ4n) is 1.54. The molecule has 0 atom stereocenters. The van der Waals surface area contributed by atoms with Crippen molar-refractivity contribution in [3.8, 4) is 0 Å². The van der Waals surface area contributed by atoms with Gasteiger partial charge in [0.05, 0.1) is 0 Å². The van der Waals surface area contributed by atoms with Crippen molar-refractivity contribution in [2.24, 2.45) is 5.41 Å². The van der Waals surface area contributed by atoms with Crippen LogP contribution >= 0.6 is 0 Å². The molecule has 0 N–H and O–H groups in total. The SMILES string of the molecule is CC1=CC(=O)N(CC2(C)CC2)C1=O. The second kappa shape index (κ2) is 2.44. The lowest BCUT2D eigenvalue weighted by Gasteiger charge is -2.18. The fourth-order valence-corrected chi connectivity index (χ4v) is 1.54. The minimum Gasteiger partial charge on any atom is -0.275 e. The van der Waals surface area contributed by atoms with Crippen LogP contribution in [-0.2, 0) is 9.59 Å². The monoisotopic (exact) mass is 179 g/mol. The topological polar surface area (TPSA) is 37.4 Å². The Morgan fingerprint density at radius 2 is 2.08 bits per heavy atom. The zero-order valence-corrected chi connectivity index (χ0v) is 7.96. The van der Waals surface area contributed by atoms with E-state index in [1.165, 1.54) is 11.0 Å². The van der Waals surface area contributed by atoms with Crippen LogP contribution < -0.4 is 0 Å². The fraction of sp³-hybridized carbons (Fsp3) is 0.600. The van der Waals surface area contributed by atoms with Crippen LogP contribution in [0.1, 0.15) is 26.7 Å². The lowest BCUT2D eigenvalue weighted by Crippen LogP contribution is -2.35. The van der Waals surface area contributed by atoms with Crippen molar-refractivity contribution in [2.75, 3.05) is 6.54 Å². The highest BCUT2D eigenvalue weighted by Crippen LogP contribution is 2.45. The van der Waals surface area contributed by atoms with E-state index in [1.54, 1.807) is 6.92 Å². The lowest BCUT2D eigenvalue weighted by atomic mass is 10.1. The third-order valence-corrected chi connectivity index (χ3v) is 2.83. The molecule has 0 bridgehead atoms.